The lowest BCUT2D eigenvalue weighted by Crippen LogP contribution is -2.30. The van der Waals surface area contributed by atoms with Crippen LogP contribution in [-0.2, 0) is 16.1 Å². The minimum absolute atomic E-state index is 0.185. The summed E-state index contributed by atoms with van der Waals surface area (Å²) in [5.41, 5.74) is 2.09. The normalized spacial score (nSPS) is 13.1. The number of para-hydroxylation sites is 2. The molecule has 8 heteroatoms. The van der Waals surface area contributed by atoms with Gasteiger partial charge in [0.05, 0.1) is 23.3 Å². The number of ether oxygens (including phenoxy) is 1. The number of carbonyl (C=O) groups is 3. The Morgan fingerprint density at radius 3 is 2.26 bits per heavy atom. The van der Waals surface area contributed by atoms with E-state index in [0.29, 0.717) is 54.6 Å². The van der Waals surface area contributed by atoms with Gasteiger partial charge in [0.1, 0.15) is 0 Å². The number of fused-ring (bicyclic) bond motifs is 2. The molecule has 2 amide bonds. The molecule has 2 heterocycles. The molecule has 0 bridgehead atoms. The summed E-state index contributed by atoms with van der Waals surface area (Å²) in [5.74, 6) is -1.34. The van der Waals surface area contributed by atoms with E-state index in [9.17, 15) is 19.2 Å². The molecule has 8 nitrogen and oxygen atoms in total. The number of imide groups is 1. The Balaban J connectivity index is 1.15. The number of benzene rings is 2. The van der Waals surface area contributed by atoms with Gasteiger partial charge >= 0.3 is 11.7 Å². The first-order valence-corrected chi connectivity index (χ1v) is 10.3. The molecule has 0 fully saturated rings. The average molecular weight is 422 g/mol. The van der Waals surface area contributed by atoms with E-state index in [4.69, 9.17) is 9.15 Å². The summed E-state index contributed by atoms with van der Waals surface area (Å²) in [5, 5.41) is 0. The Labute approximate surface area is 178 Å². The number of carbonyl (C=O) groups excluding carboxylic acids is 3. The number of aryl methyl sites for hydroxylation is 1. The van der Waals surface area contributed by atoms with Crippen LogP contribution in [0, 0.1) is 0 Å². The first-order chi connectivity index (χ1) is 15.1. The molecule has 160 valence electrons. The predicted octanol–water partition coefficient (Wildman–Crippen LogP) is 2.99. The molecule has 0 aliphatic carbocycles. The van der Waals surface area contributed by atoms with E-state index < -0.39 is 5.76 Å². The van der Waals surface area contributed by atoms with E-state index in [0.717, 1.165) is 0 Å². The molecule has 0 N–H and O–H groups in total. The zero-order chi connectivity index (χ0) is 21.8. The number of hydrogen-bond acceptors (Lipinski definition) is 6. The monoisotopic (exact) mass is 422 g/mol. The van der Waals surface area contributed by atoms with Crippen LogP contribution < -0.4 is 5.76 Å². The molecule has 1 aromatic heterocycles. The van der Waals surface area contributed by atoms with Gasteiger partial charge in [0.15, 0.2) is 5.58 Å². The average Bonchev–Trinajstić information content (AvgIpc) is 3.22. The number of aromatic nitrogens is 1. The third-order valence-corrected chi connectivity index (χ3v) is 5.25. The molecular weight excluding hydrogens is 400 g/mol. The van der Waals surface area contributed by atoms with Crippen molar-refractivity contribution in [3.05, 3.63) is 70.2 Å². The van der Waals surface area contributed by atoms with Crippen LogP contribution >= 0.6 is 0 Å². The van der Waals surface area contributed by atoms with E-state index in [-0.39, 0.29) is 30.8 Å². The summed E-state index contributed by atoms with van der Waals surface area (Å²) in [6, 6.07) is 13.9. The summed E-state index contributed by atoms with van der Waals surface area (Å²) < 4.78 is 11.9. The van der Waals surface area contributed by atoms with Gasteiger partial charge in [0.25, 0.3) is 11.8 Å². The highest BCUT2D eigenvalue weighted by Gasteiger charge is 2.34. The quantitative estimate of drug-likeness (QED) is 0.299. The van der Waals surface area contributed by atoms with Crippen LogP contribution in [0.15, 0.2) is 57.7 Å². The van der Waals surface area contributed by atoms with Gasteiger partial charge in [-0.1, -0.05) is 24.3 Å². The maximum absolute atomic E-state index is 12.3. The molecule has 0 saturated heterocycles. The highest BCUT2D eigenvalue weighted by Crippen LogP contribution is 2.22. The first kappa shape index (κ1) is 20.6. The van der Waals surface area contributed by atoms with E-state index in [1.807, 2.05) is 6.07 Å². The second-order valence-electron chi connectivity index (χ2n) is 7.33. The summed E-state index contributed by atoms with van der Waals surface area (Å²) in [4.78, 5) is 49.7. The van der Waals surface area contributed by atoms with Crippen molar-refractivity contribution in [2.75, 3.05) is 13.2 Å². The minimum atomic E-state index is -0.442. The first-order valence-electron chi connectivity index (χ1n) is 10.3. The van der Waals surface area contributed by atoms with Gasteiger partial charge in [-0.2, -0.15) is 0 Å². The zero-order valence-electron chi connectivity index (χ0n) is 16.9. The van der Waals surface area contributed by atoms with Gasteiger partial charge in [-0.15, -0.1) is 0 Å². The van der Waals surface area contributed by atoms with Crippen molar-refractivity contribution in [1.82, 2.24) is 9.47 Å². The fourth-order valence-corrected chi connectivity index (χ4v) is 3.68. The van der Waals surface area contributed by atoms with Crippen LogP contribution in [0.1, 0.15) is 46.4 Å². The molecule has 0 unspecified atom stereocenters. The maximum atomic E-state index is 12.3. The number of nitrogens with zero attached hydrogens (tertiary/aromatic N) is 2. The lowest BCUT2D eigenvalue weighted by molar-refractivity contribution is -0.143. The molecule has 0 radical (unpaired) electrons. The molecule has 0 atom stereocenters. The predicted molar refractivity (Wildman–Crippen MR) is 112 cm³/mol. The van der Waals surface area contributed by atoms with Crippen LogP contribution in [0.25, 0.3) is 11.1 Å². The van der Waals surface area contributed by atoms with Gasteiger partial charge in [0, 0.05) is 19.5 Å². The number of unbranched alkanes of at least 4 members (excludes halogenated alkanes) is 1. The van der Waals surface area contributed by atoms with E-state index in [1.165, 1.54) is 9.47 Å². The van der Waals surface area contributed by atoms with Crippen molar-refractivity contribution in [1.29, 1.82) is 0 Å². The molecule has 31 heavy (non-hydrogen) atoms. The standard InChI is InChI=1S/C23H22N2O6/c26-20(12-7-14-24-18-10-3-4-11-19(18)31-23(24)29)30-15-6-5-13-25-21(27)16-8-1-2-9-17(16)22(25)28/h1-4,8-11H,5-7,12-15H2. The Hall–Kier alpha value is -3.68. The Bertz CT molecular complexity index is 1160. The minimum Gasteiger partial charge on any atom is -0.466 e. The molecule has 1 aliphatic rings. The van der Waals surface area contributed by atoms with Crippen LogP contribution in [0.4, 0.5) is 0 Å². The molecule has 4 rings (SSSR count). The van der Waals surface area contributed by atoms with E-state index >= 15 is 0 Å². The molecule has 0 saturated carbocycles. The molecule has 1 aliphatic heterocycles. The summed E-state index contributed by atoms with van der Waals surface area (Å²) in [6.07, 6.45) is 1.74. The summed E-state index contributed by atoms with van der Waals surface area (Å²) >= 11 is 0. The van der Waals surface area contributed by atoms with E-state index in [1.54, 1.807) is 42.5 Å². The van der Waals surface area contributed by atoms with Gasteiger partial charge in [-0.3, -0.25) is 23.9 Å². The maximum Gasteiger partial charge on any atom is 0.419 e. The molecule has 3 aromatic rings. The number of amides is 2. The Kier molecular flexibility index (Phi) is 5.97. The molecule has 0 spiro atoms. The third-order valence-electron chi connectivity index (χ3n) is 5.25. The van der Waals surface area contributed by atoms with Gasteiger partial charge < -0.3 is 9.15 Å². The summed E-state index contributed by atoms with van der Waals surface area (Å²) in [6.45, 7) is 0.877. The van der Waals surface area contributed by atoms with Gasteiger partial charge in [-0.05, 0) is 43.5 Å². The van der Waals surface area contributed by atoms with Crippen molar-refractivity contribution in [3.8, 4) is 0 Å². The topological polar surface area (TPSA) is 98.8 Å². The number of oxazole rings is 1. The third kappa shape index (κ3) is 4.28. The number of hydrogen-bond donors (Lipinski definition) is 0. The van der Waals surface area contributed by atoms with E-state index in [2.05, 4.69) is 0 Å². The molecular formula is C23H22N2O6. The van der Waals surface area contributed by atoms with Crippen molar-refractivity contribution in [3.63, 3.8) is 0 Å². The SMILES string of the molecule is O=C(CCCn1c(=O)oc2ccccc21)OCCCCN1C(=O)c2ccccc2C1=O. The largest absolute Gasteiger partial charge is 0.466 e. The van der Waals surface area contributed by atoms with Crippen molar-refractivity contribution >= 4 is 28.9 Å². The second-order valence-corrected chi connectivity index (χ2v) is 7.33. The Morgan fingerprint density at radius 2 is 1.52 bits per heavy atom. The van der Waals surface area contributed by atoms with Crippen LogP contribution in [-0.4, -0.2) is 40.4 Å². The summed E-state index contributed by atoms with van der Waals surface area (Å²) in [7, 11) is 0. The highest BCUT2D eigenvalue weighted by molar-refractivity contribution is 6.21. The van der Waals surface area contributed by atoms with Crippen molar-refractivity contribution in [2.45, 2.75) is 32.2 Å². The van der Waals surface area contributed by atoms with Crippen LogP contribution in [0.2, 0.25) is 0 Å². The van der Waals surface area contributed by atoms with Crippen LogP contribution in [0.5, 0.6) is 0 Å². The van der Waals surface area contributed by atoms with Gasteiger partial charge in [0.2, 0.25) is 0 Å². The van der Waals surface area contributed by atoms with Crippen molar-refractivity contribution in [2.24, 2.45) is 0 Å². The van der Waals surface area contributed by atoms with Gasteiger partial charge in [-0.25, -0.2) is 4.79 Å². The zero-order valence-corrected chi connectivity index (χ0v) is 16.9. The lowest BCUT2D eigenvalue weighted by Gasteiger charge is -2.13. The van der Waals surface area contributed by atoms with Crippen LogP contribution in [0.3, 0.4) is 0 Å². The second kappa shape index (κ2) is 8.99. The highest BCUT2D eigenvalue weighted by atomic mass is 16.5. The number of rotatable bonds is 9. The Morgan fingerprint density at radius 1 is 0.839 bits per heavy atom. The lowest BCUT2D eigenvalue weighted by atomic mass is 10.1. The smallest absolute Gasteiger partial charge is 0.419 e. The fourth-order valence-electron chi connectivity index (χ4n) is 3.68. The fraction of sp³-hybridized carbons (Fsp3) is 0.304. The molecule has 2 aromatic carbocycles. The number of esters is 1. The van der Waals surface area contributed by atoms with Crippen molar-refractivity contribution < 1.29 is 23.5 Å².